The van der Waals surface area contributed by atoms with Crippen molar-refractivity contribution in [1.82, 2.24) is 5.32 Å². The van der Waals surface area contributed by atoms with Gasteiger partial charge in [-0.2, -0.15) is 0 Å². The van der Waals surface area contributed by atoms with E-state index in [0.717, 1.165) is 5.92 Å². The highest BCUT2D eigenvalue weighted by Gasteiger charge is 2.17. The van der Waals surface area contributed by atoms with Gasteiger partial charge in [-0.25, -0.2) is 0 Å². The normalized spacial score (nSPS) is 18.7. The highest BCUT2D eigenvalue weighted by molar-refractivity contribution is 5.25. The molecule has 1 fully saturated rings. The summed E-state index contributed by atoms with van der Waals surface area (Å²) in [4.78, 5) is 0. The van der Waals surface area contributed by atoms with E-state index < -0.39 is 0 Å². The summed E-state index contributed by atoms with van der Waals surface area (Å²) in [6.45, 7) is 4.52. The van der Waals surface area contributed by atoms with E-state index in [4.69, 9.17) is 0 Å². The average Bonchev–Trinajstić information content (AvgIpc) is 2.75. The quantitative estimate of drug-likeness (QED) is 0.700. The van der Waals surface area contributed by atoms with Crippen molar-refractivity contribution in [2.75, 3.05) is 7.05 Å². The first-order chi connectivity index (χ1) is 10.2. The van der Waals surface area contributed by atoms with Gasteiger partial charge in [-0.1, -0.05) is 76.6 Å². The van der Waals surface area contributed by atoms with Crippen molar-refractivity contribution in [1.29, 1.82) is 0 Å². The van der Waals surface area contributed by atoms with Crippen LogP contribution in [0.1, 0.15) is 75.8 Å². The molecule has 1 aromatic carbocycles. The predicted octanol–water partition coefficient (Wildman–Crippen LogP) is 5.30. The van der Waals surface area contributed by atoms with Crippen molar-refractivity contribution in [3.8, 4) is 0 Å². The molecular formula is C20H33N. The molecule has 1 heteroatoms. The van der Waals surface area contributed by atoms with Crippen LogP contribution in [0, 0.1) is 5.92 Å². The lowest BCUT2D eigenvalue weighted by Gasteiger charge is -2.22. The van der Waals surface area contributed by atoms with Crippen molar-refractivity contribution < 1.29 is 0 Å². The Morgan fingerprint density at radius 2 is 1.62 bits per heavy atom. The molecule has 1 aliphatic carbocycles. The lowest BCUT2D eigenvalue weighted by Crippen LogP contribution is -2.30. The topological polar surface area (TPSA) is 12.0 Å². The Labute approximate surface area is 131 Å². The van der Waals surface area contributed by atoms with E-state index >= 15 is 0 Å². The van der Waals surface area contributed by atoms with Gasteiger partial charge in [0, 0.05) is 6.04 Å². The van der Waals surface area contributed by atoms with E-state index in [1.807, 2.05) is 0 Å². The molecule has 1 N–H and O–H groups in total. The zero-order valence-corrected chi connectivity index (χ0v) is 14.2. The number of likely N-dealkylation sites (N-methyl/N-ethyl adjacent to an activating group) is 1. The van der Waals surface area contributed by atoms with Crippen LogP contribution >= 0.6 is 0 Å². The maximum absolute atomic E-state index is 3.56. The van der Waals surface area contributed by atoms with Crippen molar-refractivity contribution in [3.63, 3.8) is 0 Å². The number of rotatable bonds is 6. The molecule has 0 spiro atoms. The Kier molecular flexibility index (Phi) is 6.76. The molecule has 2 rings (SSSR count). The minimum atomic E-state index is 0.630. The summed E-state index contributed by atoms with van der Waals surface area (Å²) in [5.41, 5.74) is 2.93. The van der Waals surface area contributed by atoms with Crippen LogP contribution in [-0.4, -0.2) is 13.1 Å². The third kappa shape index (κ3) is 5.47. The molecule has 0 aromatic heterocycles. The van der Waals surface area contributed by atoms with E-state index in [2.05, 4.69) is 50.5 Å². The molecule has 1 atom stereocenters. The fourth-order valence-corrected chi connectivity index (χ4v) is 3.63. The van der Waals surface area contributed by atoms with E-state index in [1.54, 1.807) is 0 Å². The Hall–Kier alpha value is -0.820. The predicted molar refractivity (Wildman–Crippen MR) is 92.9 cm³/mol. The second-order valence-electron chi connectivity index (χ2n) is 7.18. The molecular weight excluding hydrogens is 254 g/mol. The zero-order valence-electron chi connectivity index (χ0n) is 14.2. The first-order valence-corrected chi connectivity index (χ1v) is 8.95. The van der Waals surface area contributed by atoms with Crippen LogP contribution in [0.5, 0.6) is 0 Å². The van der Waals surface area contributed by atoms with Gasteiger partial charge in [0.05, 0.1) is 0 Å². The first kappa shape index (κ1) is 16.5. The van der Waals surface area contributed by atoms with Crippen LogP contribution in [0.25, 0.3) is 0 Å². The van der Waals surface area contributed by atoms with Gasteiger partial charge >= 0.3 is 0 Å². The average molecular weight is 287 g/mol. The zero-order chi connectivity index (χ0) is 15.1. The molecule has 118 valence electrons. The summed E-state index contributed by atoms with van der Waals surface area (Å²) in [5, 5.41) is 3.56. The maximum Gasteiger partial charge on any atom is 0.0107 e. The monoisotopic (exact) mass is 287 g/mol. The summed E-state index contributed by atoms with van der Waals surface area (Å²) in [6, 6.07) is 9.90. The van der Waals surface area contributed by atoms with Gasteiger partial charge < -0.3 is 5.32 Å². The third-order valence-electron chi connectivity index (χ3n) is 5.13. The summed E-state index contributed by atoms with van der Waals surface area (Å²) in [7, 11) is 2.13. The van der Waals surface area contributed by atoms with Crippen LogP contribution in [0.2, 0.25) is 0 Å². The molecule has 1 aromatic rings. The number of hydrogen-bond acceptors (Lipinski definition) is 1. The van der Waals surface area contributed by atoms with Crippen LogP contribution in [0.3, 0.4) is 0 Å². The molecule has 1 saturated carbocycles. The minimum absolute atomic E-state index is 0.630. The lowest BCUT2D eigenvalue weighted by molar-refractivity contribution is 0.361. The van der Waals surface area contributed by atoms with Crippen LogP contribution < -0.4 is 5.32 Å². The summed E-state index contributed by atoms with van der Waals surface area (Å²) < 4.78 is 0. The molecule has 0 aliphatic heterocycles. The lowest BCUT2D eigenvalue weighted by atomic mass is 9.89. The van der Waals surface area contributed by atoms with Gasteiger partial charge in [0.2, 0.25) is 0 Å². The molecule has 0 amide bonds. The maximum atomic E-state index is 3.56. The molecule has 1 unspecified atom stereocenters. The molecule has 0 bridgehead atoms. The Bertz CT molecular complexity index is 385. The Balaban J connectivity index is 1.88. The molecule has 0 radical (unpaired) electrons. The standard InChI is InChI=1S/C20H33N/c1-16(2)19-12-10-18(11-13-19)15-20(21-3)14-17-8-6-4-5-7-9-17/h10-13,16-17,20-21H,4-9,14-15H2,1-3H3. The second-order valence-corrected chi connectivity index (χ2v) is 7.18. The number of hydrogen-bond donors (Lipinski definition) is 1. The van der Waals surface area contributed by atoms with E-state index in [-0.39, 0.29) is 0 Å². The van der Waals surface area contributed by atoms with E-state index in [1.165, 1.54) is 62.5 Å². The molecule has 0 heterocycles. The van der Waals surface area contributed by atoms with Gasteiger partial charge in [-0.05, 0) is 42.9 Å². The van der Waals surface area contributed by atoms with Gasteiger partial charge in [0.25, 0.3) is 0 Å². The van der Waals surface area contributed by atoms with E-state index in [9.17, 15) is 0 Å². The second kappa shape index (κ2) is 8.58. The SMILES string of the molecule is CNC(Cc1ccc(C(C)C)cc1)CC1CCCCCC1. The molecule has 0 saturated heterocycles. The Morgan fingerprint density at radius 1 is 1.00 bits per heavy atom. The van der Waals surface area contributed by atoms with Crippen LogP contribution in [0.15, 0.2) is 24.3 Å². The third-order valence-corrected chi connectivity index (χ3v) is 5.13. The summed E-state index contributed by atoms with van der Waals surface area (Å²) in [6.07, 6.45) is 11.2. The minimum Gasteiger partial charge on any atom is -0.317 e. The Morgan fingerprint density at radius 3 is 2.14 bits per heavy atom. The smallest absolute Gasteiger partial charge is 0.0107 e. The van der Waals surface area contributed by atoms with Crippen molar-refractivity contribution in [2.45, 2.75) is 77.2 Å². The van der Waals surface area contributed by atoms with Crippen molar-refractivity contribution >= 4 is 0 Å². The number of benzene rings is 1. The largest absolute Gasteiger partial charge is 0.317 e. The fraction of sp³-hybridized carbons (Fsp3) is 0.700. The molecule has 1 nitrogen and oxygen atoms in total. The summed E-state index contributed by atoms with van der Waals surface area (Å²) >= 11 is 0. The van der Waals surface area contributed by atoms with Gasteiger partial charge in [0.15, 0.2) is 0 Å². The van der Waals surface area contributed by atoms with Gasteiger partial charge in [-0.3, -0.25) is 0 Å². The van der Waals surface area contributed by atoms with Gasteiger partial charge in [-0.15, -0.1) is 0 Å². The summed E-state index contributed by atoms with van der Waals surface area (Å²) in [5.74, 6) is 1.57. The van der Waals surface area contributed by atoms with Crippen LogP contribution in [-0.2, 0) is 6.42 Å². The fourth-order valence-electron chi connectivity index (χ4n) is 3.63. The van der Waals surface area contributed by atoms with Crippen molar-refractivity contribution in [2.24, 2.45) is 5.92 Å². The first-order valence-electron chi connectivity index (χ1n) is 8.95. The molecule has 21 heavy (non-hydrogen) atoms. The van der Waals surface area contributed by atoms with E-state index in [0.29, 0.717) is 12.0 Å². The molecule has 1 aliphatic rings. The highest BCUT2D eigenvalue weighted by Crippen LogP contribution is 2.27. The van der Waals surface area contributed by atoms with Crippen LogP contribution in [0.4, 0.5) is 0 Å². The number of nitrogens with one attached hydrogen (secondary N) is 1. The van der Waals surface area contributed by atoms with Crippen molar-refractivity contribution in [3.05, 3.63) is 35.4 Å². The highest BCUT2D eigenvalue weighted by atomic mass is 14.9. The van der Waals surface area contributed by atoms with Gasteiger partial charge in [0.1, 0.15) is 0 Å².